The van der Waals surface area contributed by atoms with Crippen LogP contribution in [0.15, 0.2) is 72.8 Å². The van der Waals surface area contributed by atoms with Crippen LogP contribution in [0.3, 0.4) is 0 Å². The number of phenolic OH excluding ortho intramolecular Hbond substituents is 1. The number of phenols is 1. The highest BCUT2D eigenvalue weighted by molar-refractivity contribution is 5.94. The Hall–Kier alpha value is -3.07. The Balaban J connectivity index is 2.27. The Morgan fingerprint density at radius 1 is 0.727 bits per heavy atom. The maximum absolute atomic E-state index is 11.4. The molecule has 0 saturated carbocycles. The average Bonchev–Trinajstić information content (AvgIpc) is 2.56. The van der Waals surface area contributed by atoms with Crippen molar-refractivity contribution in [3.63, 3.8) is 0 Å². The molecule has 0 amide bonds. The summed E-state index contributed by atoms with van der Waals surface area (Å²) in [5.74, 6) is -0.934. The van der Waals surface area contributed by atoms with Crippen LogP contribution >= 0.6 is 0 Å². The van der Waals surface area contributed by atoms with Gasteiger partial charge in [0.1, 0.15) is 5.75 Å². The summed E-state index contributed by atoms with van der Waals surface area (Å²) in [5.41, 5.74) is 2.73. The van der Waals surface area contributed by atoms with E-state index in [1.54, 1.807) is 0 Å². The minimum atomic E-state index is -1.02. The highest BCUT2D eigenvalue weighted by Gasteiger charge is 2.16. The minimum Gasteiger partial charge on any atom is -0.507 e. The van der Waals surface area contributed by atoms with Gasteiger partial charge in [0.25, 0.3) is 0 Å². The molecule has 3 aromatic rings. The molecule has 0 aliphatic carbocycles. The summed E-state index contributed by atoms with van der Waals surface area (Å²) in [5, 5.41) is 19.9. The molecular weight excluding hydrogens is 276 g/mol. The van der Waals surface area contributed by atoms with E-state index in [1.165, 1.54) is 12.1 Å². The molecule has 0 saturated heterocycles. The molecule has 0 aliphatic heterocycles. The van der Waals surface area contributed by atoms with Crippen molar-refractivity contribution in [1.29, 1.82) is 0 Å². The van der Waals surface area contributed by atoms with Gasteiger partial charge in [0.2, 0.25) is 0 Å². The van der Waals surface area contributed by atoms with Crippen molar-refractivity contribution in [3.8, 4) is 28.0 Å². The van der Waals surface area contributed by atoms with E-state index in [4.69, 9.17) is 0 Å². The van der Waals surface area contributed by atoms with Crippen molar-refractivity contribution in [2.45, 2.75) is 0 Å². The number of carboxylic acid groups (broad SMARTS) is 1. The number of carboxylic acids is 1. The van der Waals surface area contributed by atoms with Crippen LogP contribution in [0.1, 0.15) is 10.4 Å². The van der Waals surface area contributed by atoms with E-state index >= 15 is 0 Å². The summed E-state index contributed by atoms with van der Waals surface area (Å²) < 4.78 is 0. The molecule has 0 spiro atoms. The van der Waals surface area contributed by atoms with E-state index < -0.39 is 5.97 Å². The minimum absolute atomic E-state index is 0.0856. The summed E-state index contributed by atoms with van der Waals surface area (Å²) in [6.07, 6.45) is 0. The van der Waals surface area contributed by atoms with Crippen LogP contribution in [0.25, 0.3) is 22.3 Å². The van der Waals surface area contributed by atoms with Gasteiger partial charge in [0.05, 0.1) is 5.56 Å². The Morgan fingerprint density at radius 3 is 1.50 bits per heavy atom. The SMILES string of the molecule is O=C(O)c1cc(-c2ccccc2)c(O)c(-c2ccccc2)c1. The van der Waals surface area contributed by atoms with Gasteiger partial charge >= 0.3 is 5.97 Å². The van der Waals surface area contributed by atoms with Gasteiger partial charge in [-0.2, -0.15) is 0 Å². The van der Waals surface area contributed by atoms with E-state index in [1.807, 2.05) is 60.7 Å². The Bertz CT molecular complexity index is 748. The van der Waals surface area contributed by atoms with Crippen LogP contribution in [0.5, 0.6) is 5.75 Å². The topological polar surface area (TPSA) is 57.5 Å². The molecule has 3 nitrogen and oxygen atoms in total. The largest absolute Gasteiger partial charge is 0.507 e. The van der Waals surface area contributed by atoms with Crippen molar-refractivity contribution in [2.24, 2.45) is 0 Å². The van der Waals surface area contributed by atoms with Gasteiger partial charge in [-0.05, 0) is 23.3 Å². The Morgan fingerprint density at radius 2 is 1.14 bits per heavy atom. The zero-order chi connectivity index (χ0) is 15.5. The maximum atomic E-state index is 11.4. The first-order valence-corrected chi connectivity index (χ1v) is 6.88. The molecule has 0 fully saturated rings. The number of hydrogen-bond acceptors (Lipinski definition) is 2. The molecule has 0 aromatic heterocycles. The third-order valence-electron chi connectivity index (χ3n) is 3.53. The number of benzene rings is 3. The maximum Gasteiger partial charge on any atom is 0.335 e. The summed E-state index contributed by atoms with van der Waals surface area (Å²) in [7, 11) is 0. The predicted molar refractivity (Wildman–Crippen MR) is 85.9 cm³/mol. The fourth-order valence-corrected chi connectivity index (χ4v) is 2.43. The second kappa shape index (κ2) is 5.74. The zero-order valence-corrected chi connectivity index (χ0v) is 11.7. The highest BCUT2D eigenvalue weighted by atomic mass is 16.4. The lowest BCUT2D eigenvalue weighted by molar-refractivity contribution is 0.0697. The average molecular weight is 290 g/mol. The van der Waals surface area contributed by atoms with Crippen LogP contribution in [-0.4, -0.2) is 16.2 Å². The van der Waals surface area contributed by atoms with E-state index in [0.717, 1.165) is 11.1 Å². The van der Waals surface area contributed by atoms with Crippen molar-refractivity contribution in [1.82, 2.24) is 0 Å². The van der Waals surface area contributed by atoms with Gasteiger partial charge in [-0.25, -0.2) is 4.79 Å². The molecule has 22 heavy (non-hydrogen) atoms. The van der Waals surface area contributed by atoms with Crippen molar-refractivity contribution in [2.75, 3.05) is 0 Å². The molecule has 0 radical (unpaired) electrons. The van der Waals surface area contributed by atoms with E-state index in [2.05, 4.69) is 0 Å². The van der Waals surface area contributed by atoms with Crippen LogP contribution in [0.2, 0.25) is 0 Å². The van der Waals surface area contributed by atoms with Crippen LogP contribution in [0.4, 0.5) is 0 Å². The fraction of sp³-hybridized carbons (Fsp3) is 0. The molecule has 3 rings (SSSR count). The first-order valence-electron chi connectivity index (χ1n) is 6.88. The molecule has 0 aliphatic rings. The third-order valence-corrected chi connectivity index (χ3v) is 3.53. The first-order chi connectivity index (χ1) is 10.7. The zero-order valence-electron chi connectivity index (χ0n) is 11.7. The Labute approximate surface area is 128 Å². The van der Waals surface area contributed by atoms with Crippen molar-refractivity contribution in [3.05, 3.63) is 78.4 Å². The number of carbonyl (C=O) groups is 1. The molecule has 2 N–H and O–H groups in total. The smallest absolute Gasteiger partial charge is 0.335 e. The summed E-state index contributed by atoms with van der Waals surface area (Å²) >= 11 is 0. The van der Waals surface area contributed by atoms with Gasteiger partial charge < -0.3 is 10.2 Å². The number of aromatic hydroxyl groups is 1. The lowest BCUT2D eigenvalue weighted by Crippen LogP contribution is -1.98. The highest BCUT2D eigenvalue weighted by Crippen LogP contribution is 2.39. The first kappa shape index (κ1) is 13.9. The summed E-state index contributed by atoms with van der Waals surface area (Å²) in [4.78, 5) is 11.4. The van der Waals surface area contributed by atoms with Crippen LogP contribution in [0, 0.1) is 0 Å². The fourth-order valence-electron chi connectivity index (χ4n) is 2.43. The predicted octanol–water partition coefficient (Wildman–Crippen LogP) is 4.42. The lowest BCUT2D eigenvalue weighted by Gasteiger charge is -2.12. The van der Waals surface area contributed by atoms with Gasteiger partial charge in [-0.15, -0.1) is 0 Å². The molecular formula is C19H14O3. The quantitative estimate of drug-likeness (QED) is 0.750. The van der Waals surface area contributed by atoms with Crippen molar-refractivity contribution < 1.29 is 15.0 Å². The van der Waals surface area contributed by atoms with Crippen LogP contribution in [-0.2, 0) is 0 Å². The number of hydrogen-bond donors (Lipinski definition) is 2. The monoisotopic (exact) mass is 290 g/mol. The van der Waals surface area contributed by atoms with Gasteiger partial charge in [-0.3, -0.25) is 0 Å². The molecule has 0 heterocycles. The third kappa shape index (κ3) is 2.56. The molecule has 0 bridgehead atoms. The number of rotatable bonds is 3. The normalized spacial score (nSPS) is 10.4. The Kier molecular flexibility index (Phi) is 3.62. The summed E-state index contributed by atoms with van der Waals surface area (Å²) in [6, 6.07) is 21.5. The molecule has 0 unspecified atom stereocenters. The van der Waals surface area contributed by atoms with Crippen LogP contribution < -0.4 is 0 Å². The standard InChI is InChI=1S/C19H14O3/c20-18-16(13-7-3-1-4-8-13)11-15(19(21)22)12-17(18)14-9-5-2-6-10-14/h1-12,20H,(H,21,22). The van der Waals surface area contributed by atoms with E-state index in [0.29, 0.717) is 11.1 Å². The van der Waals surface area contributed by atoms with Gasteiger partial charge in [0.15, 0.2) is 0 Å². The number of aromatic carboxylic acids is 1. The van der Waals surface area contributed by atoms with Gasteiger partial charge in [-0.1, -0.05) is 60.7 Å². The molecule has 108 valence electrons. The second-order valence-electron chi connectivity index (χ2n) is 4.96. The van der Waals surface area contributed by atoms with E-state index in [9.17, 15) is 15.0 Å². The van der Waals surface area contributed by atoms with E-state index in [-0.39, 0.29) is 11.3 Å². The molecule has 0 atom stereocenters. The summed E-state index contributed by atoms with van der Waals surface area (Å²) in [6.45, 7) is 0. The van der Waals surface area contributed by atoms with Crippen molar-refractivity contribution >= 4 is 5.97 Å². The van der Waals surface area contributed by atoms with Gasteiger partial charge in [0, 0.05) is 11.1 Å². The molecule has 3 aromatic carbocycles. The lowest BCUT2D eigenvalue weighted by atomic mass is 9.94. The molecule has 3 heteroatoms. The second-order valence-corrected chi connectivity index (χ2v) is 4.96.